The van der Waals surface area contributed by atoms with Crippen LogP contribution in [0.25, 0.3) is 0 Å². The number of amides is 1. The summed E-state index contributed by atoms with van der Waals surface area (Å²) in [6.07, 6.45) is 4.30. The number of nitrogens with zero attached hydrogens (tertiary/aromatic N) is 1. The molecular formula is C13H22N2O2. The van der Waals surface area contributed by atoms with Crippen LogP contribution in [0.5, 0.6) is 0 Å². The van der Waals surface area contributed by atoms with Gasteiger partial charge in [-0.05, 0) is 52.4 Å². The Morgan fingerprint density at radius 2 is 2.18 bits per heavy atom. The number of carbonyl (C=O) groups is 1. The summed E-state index contributed by atoms with van der Waals surface area (Å²) < 4.78 is 5.21. The minimum atomic E-state index is -0.442. The summed E-state index contributed by atoms with van der Waals surface area (Å²) in [5.74, 6) is 0.578. The molecule has 4 nitrogen and oxygen atoms in total. The molecule has 1 saturated carbocycles. The fourth-order valence-electron chi connectivity index (χ4n) is 2.21. The highest BCUT2D eigenvalue weighted by atomic mass is 16.6. The fourth-order valence-corrected chi connectivity index (χ4v) is 2.21. The van der Waals surface area contributed by atoms with Crippen LogP contribution in [0.15, 0.2) is 0 Å². The zero-order valence-corrected chi connectivity index (χ0v) is 11.0. The molecule has 96 valence electrons. The van der Waals surface area contributed by atoms with Gasteiger partial charge in [-0.25, -0.2) is 4.79 Å². The molecule has 0 aromatic carbocycles. The van der Waals surface area contributed by atoms with Crippen molar-refractivity contribution >= 4 is 6.09 Å². The maximum Gasteiger partial charge on any atom is 0.407 e. The quantitative estimate of drug-likeness (QED) is 0.822. The second-order valence-corrected chi connectivity index (χ2v) is 5.72. The fraction of sp³-hybridized carbons (Fsp3) is 0.846. The van der Waals surface area contributed by atoms with Crippen molar-refractivity contribution in [1.82, 2.24) is 5.32 Å². The predicted molar refractivity (Wildman–Crippen MR) is 65.3 cm³/mol. The van der Waals surface area contributed by atoms with Crippen molar-refractivity contribution in [2.45, 2.75) is 64.5 Å². The lowest BCUT2D eigenvalue weighted by atomic mass is 10.0. The van der Waals surface area contributed by atoms with Crippen molar-refractivity contribution in [3.8, 4) is 6.07 Å². The maximum absolute atomic E-state index is 11.5. The minimum Gasteiger partial charge on any atom is -0.444 e. The van der Waals surface area contributed by atoms with E-state index in [4.69, 9.17) is 10.00 Å². The molecular weight excluding hydrogens is 216 g/mol. The molecule has 1 rings (SSSR count). The normalized spacial score (nSPS) is 24.1. The SMILES string of the molecule is CC(C)(C)OC(=O)NC1CCC(CCC#N)C1. The monoisotopic (exact) mass is 238 g/mol. The summed E-state index contributed by atoms with van der Waals surface area (Å²) in [6.45, 7) is 5.57. The highest BCUT2D eigenvalue weighted by molar-refractivity contribution is 5.68. The summed E-state index contributed by atoms with van der Waals surface area (Å²) >= 11 is 0. The Hall–Kier alpha value is -1.24. The number of ether oxygens (including phenoxy) is 1. The first-order chi connectivity index (χ1) is 7.90. The number of nitrogens with one attached hydrogen (secondary N) is 1. The Morgan fingerprint density at radius 3 is 2.76 bits per heavy atom. The Labute approximate surface area is 103 Å². The Kier molecular flexibility index (Phi) is 4.80. The Bertz CT molecular complexity index is 302. The van der Waals surface area contributed by atoms with Crippen LogP contribution in [0.4, 0.5) is 4.79 Å². The van der Waals surface area contributed by atoms with E-state index in [-0.39, 0.29) is 12.1 Å². The molecule has 0 saturated heterocycles. The molecule has 0 aliphatic heterocycles. The van der Waals surface area contributed by atoms with E-state index in [0.717, 1.165) is 25.7 Å². The number of hydrogen-bond acceptors (Lipinski definition) is 3. The molecule has 1 aliphatic carbocycles. The van der Waals surface area contributed by atoms with Gasteiger partial charge in [0.1, 0.15) is 5.60 Å². The van der Waals surface area contributed by atoms with E-state index < -0.39 is 5.60 Å². The second-order valence-electron chi connectivity index (χ2n) is 5.72. The van der Waals surface area contributed by atoms with E-state index in [1.54, 1.807) is 0 Å². The van der Waals surface area contributed by atoms with Crippen LogP contribution in [0.2, 0.25) is 0 Å². The molecule has 0 bridgehead atoms. The Balaban J connectivity index is 2.26. The molecule has 0 aromatic rings. The van der Waals surface area contributed by atoms with Gasteiger partial charge in [0.15, 0.2) is 0 Å². The van der Waals surface area contributed by atoms with Crippen LogP contribution < -0.4 is 5.32 Å². The summed E-state index contributed by atoms with van der Waals surface area (Å²) in [5, 5.41) is 11.4. The number of carbonyl (C=O) groups excluding carboxylic acids is 1. The predicted octanol–water partition coefficient (Wildman–Crippen LogP) is 2.98. The van der Waals surface area contributed by atoms with Crippen molar-refractivity contribution in [3.63, 3.8) is 0 Å². The van der Waals surface area contributed by atoms with E-state index in [1.807, 2.05) is 20.8 Å². The first-order valence-electron chi connectivity index (χ1n) is 6.27. The summed E-state index contributed by atoms with van der Waals surface area (Å²) in [5.41, 5.74) is -0.442. The zero-order chi connectivity index (χ0) is 12.9. The van der Waals surface area contributed by atoms with Crippen molar-refractivity contribution < 1.29 is 9.53 Å². The van der Waals surface area contributed by atoms with Gasteiger partial charge in [-0.1, -0.05) is 0 Å². The van der Waals surface area contributed by atoms with Gasteiger partial charge < -0.3 is 10.1 Å². The Morgan fingerprint density at radius 1 is 1.47 bits per heavy atom. The molecule has 0 radical (unpaired) electrons. The summed E-state index contributed by atoms with van der Waals surface area (Å²) in [6, 6.07) is 2.39. The molecule has 0 spiro atoms. The van der Waals surface area contributed by atoms with Crippen LogP contribution >= 0.6 is 0 Å². The van der Waals surface area contributed by atoms with Crippen molar-refractivity contribution in [1.29, 1.82) is 5.26 Å². The molecule has 1 N–H and O–H groups in total. The summed E-state index contributed by atoms with van der Waals surface area (Å²) in [4.78, 5) is 11.5. The van der Waals surface area contributed by atoms with E-state index in [1.165, 1.54) is 0 Å². The standard InChI is InChI=1S/C13H22N2O2/c1-13(2,3)17-12(16)15-11-7-6-10(9-11)5-4-8-14/h10-11H,4-7,9H2,1-3H3,(H,15,16). The third kappa shape index (κ3) is 5.58. The smallest absolute Gasteiger partial charge is 0.407 e. The van der Waals surface area contributed by atoms with Crippen LogP contribution in [0.3, 0.4) is 0 Å². The van der Waals surface area contributed by atoms with E-state index >= 15 is 0 Å². The van der Waals surface area contributed by atoms with Gasteiger partial charge in [-0.2, -0.15) is 5.26 Å². The zero-order valence-electron chi connectivity index (χ0n) is 11.0. The topological polar surface area (TPSA) is 62.1 Å². The lowest BCUT2D eigenvalue weighted by Gasteiger charge is -2.21. The third-order valence-corrected chi connectivity index (χ3v) is 2.93. The third-order valence-electron chi connectivity index (χ3n) is 2.93. The molecule has 1 aliphatic rings. The number of hydrogen-bond donors (Lipinski definition) is 1. The molecule has 1 amide bonds. The lowest BCUT2D eigenvalue weighted by Crippen LogP contribution is -2.37. The van der Waals surface area contributed by atoms with Gasteiger partial charge >= 0.3 is 6.09 Å². The molecule has 0 aromatic heterocycles. The van der Waals surface area contributed by atoms with Crippen molar-refractivity contribution in [3.05, 3.63) is 0 Å². The highest BCUT2D eigenvalue weighted by Gasteiger charge is 2.27. The van der Waals surface area contributed by atoms with Gasteiger partial charge in [0.25, 0.3) is 0 Å². The maximum atomic E-state index is 11.5. The molecule has 4 heteroatoms. The number of alkyl carbamates (subject to hydrolysis) is 1. The molecule has 2 atom stereocenters. The van der Waals surface area contributed by atoms with E-state index in [0.29, 0.717) is 12.3 Å². The van der Waals surface area contributed by atoms with Gasteiger partial charge in [-0.15, -0.1) is 0 Å². The van der Waals surface area contributed by atoms with E-state index in [2.05, 4.69) is 11.4 Å². The minimum absolute atomic E-state index is 0.216. The highest BCUT2D eigenvalue weighted by Crippen LogP contribution is 2.29. The van der Waals surface area contributed by atoms with Gasteiger partial charge in [-0.3, -0.25) is 0 Å². The van der Waals surface area contributed by atoms with Crippen LogP contribution in [0, 0.1) is 17.2 Å². The lowest BCUT2D eigenvalue weighted by molar-refractivity contribution is 0.0504. The average molecular weight is 238 g/mol. The first-order valence-corrected chi connectivity index (χ1v) is 6.27. The summed E-state index contributed by atoms with van der Waals surface area (Å²) in [7, 11) is 0. The molecule has 17 heavy (non-hydrogen) atoms. The van der Waals surface area contributed by atoms with Crippen molar-refractivity contribution in [2.24, 2.45) is 5.92 Å². The number of rotatable bonds is 3. The van der Waals surface area contributed by atoms with Gasteiger partial charge in [0.05, 0.1) is 6.07 Å². The molecule has 0 heterocycles. The number of nitriles is 1. The van der Waals surface area contributed by atoms with Crippen LogP contribution in [-0.2, 0) is 4.74 Å². The van der Waals surface area contributed by atoms with E-state index in [9.17, 15) is 4.79 Å². The van der Waals surface area contributed by atoms with Gasteiger partial charge in [0.2, 0.25) is 0 Å². The van der Waals surface area contributed by atoms with Crippen molar-refractivity contribution in [2.75, 3.05) is 0 Å². The van der Waals surface area contributed by atoms with Gasteiger partial charge in [0, 0.05) is 12.5 Å². The molecule has 2 unspecified atom stereocenters. The van der Waals surface area contributed by atoms with Crippen LogP contribution in [0.1, 0.15) is 52.9 Å². The largest absolute Gasteiger partial charge is 0.444 e. The first kappa shape index (κ1) is 13.8. The second kappa shape index (κ2) is 5.90. The van der Waals surface area contributed by atoms with Crippen LogP contribution in [-0.4, -0.2) is 17.7 Å². The molecule has 1 fully saturated rings. The average Bonchev–Trinajstić information content (AvgIpc) is 2.59.